The Morgan fingerprint density at radius 2 is 2.00 bits per heavy atom. The lowest BCUT2D eigenvalue weighted by atomic mass is 9.89. The Hall–Kier alpha value is 0.210. The van der Waals surface area contributed by atoms with Crippen LogP contribution in [0.1, 0.15) is 26.5 Å². The monoisotopic (exact) mass is 309 g/mol. The van der Waals surface area contributed by atoms with Gasteiger partial charge in [-0.25, -0.2) is 0 Å². The molecule has 1 nitrogen and oxygen atoms in total. The Kier molecular flexibility index (Phi) is 4.45. The Balaban J connectivity index is 2.82. The molecule has 1 atom stereocenters. The molecule has 1 unspecified atom stereocenters. The van der Waals surface area contributed by atoms with Crippen LogP contribution in [-0.2, 0) is 6.42 Å². The van der Waals surface area contributed by atoms with E-state index in [1.54, 1.807) is 12.3 Å². The highest BCUT2D eigenvalue weighted by Gasteiger charge is 2.23. The fraction of sp³-hybridized carbons (Fsp3) is 0.545. The van der Waals surface area contributed by atoms with Crippen molar-refractivity contribution in [2.75, 3.05) is 0 Å². The molecule has 1 rings (SSSR count). The number of pyridine rings is 1. The highest BCUT2D eigenvalue weighted by atomic mass is 79.9. The summed E-state index contributed by atoms with van der Waals surface area (Å²) in [6.07, 6.45) is 2.44. The predicted octanol–water partition coefficient (Wildman–Crippen LogP) is 4.74. The first-order chi connectivity index (χ1) is 6.80. The Bertz CT molecular complexity index is 347. The first-order valence-corrected chi connectivity index (χ1v) is 6.42. The largest absolute Gasteiger partial charge is 0.258 e. The molecule has 0 aliphatic heterocycles. The quantitative estimate of drug-likeness (QED) is 0.719. The van der Waals surface area contributed by atoms with Crippen LogP contribution in [0, 0.1) is 5.41 Å². The minimum Gasteiger partial charge on any atom is -0.258 e. The molecule has 1 heterocycles. The molecule has 0 aliphatic rings. The van der Waals surface area contributed by atoms with Crippen LogP contribution in [0.2, 0.25) is 10.0 Å². The second kappa shape index (κ2) is 5.03. The second-order valence-corrected chi connectivity index (χ2v) is 6.57. The summed E-state index contributed by atoms with van der Waals surface area (Å²) in [5.74, 6) is 0. The lowest BCUT2D eigenvalue weighted by Crippen LogP contribution is -2.23. The second-order valence-electron chi connectivity index (χ2n) is 4.62. The molecule has 4 heteroatoms. The van der Waals surface area contributed by atoms with Crippen molar-refractivity contribution in [2.45, 2.75) is 32.0 Å². The van der Waals surface area contributed by atoms with Gasteiger partial charge in [0.25, 0.3) is 0 Å². The van der Waals surface area contributed by atoms with Crippen molar-refractivity contribution < 1.29 is 0 Å². The van der Waals surface area contributed by atoms with Crippen molar-refractivity contribution in [1.29, 1.82) is 0 Å². The number of nitrogens with zero attached hydrogens (tertiary/aromatic N) is 1. The van der Waals surface area contributed by atoms with Crippen LogP contribution in [0.25, 0.3) is 0 Å². The molecule has 0 radical (unpaired) electrons. The van der Waals surface area contributed by atoms with E-state index in [1.165, 1.54) is 0 Å². The predicted molar refractivity (Wildman–Crippen MR) is 70.1 cm³/mol. The van der Waals surface area contributed by atoms with Gasteiger partial charge in [-0.2, -0.15) is 0 Å². The average molecular weight is 311 g/mol. The van der Waals surface area contributed by atoms with Gasteiger partial charge in [-0.1, -0.05) is 59.9 Å². The Labute approximate surface area is 109 Å². The van der Waals surface area contributed by atoms with Gasteiger partial charge in [0, 0.05) is 17.4 Å². The molecule has 0 bridgehead atoms. The van der Waals surface area contributed by atoms with Gasteiger partial charge in [-0.05, 0) is 11.5 Å². The maximum atomic E-state index is 6.06. The maximum absolute atomic E-state index is 6.06. The summed E-state index contributed by atoms with van der Waals surface area (Å²) < 4.78 is 0. The van der Waals surface area contributed by atoms with Crippen molar-refractivity contribution in [3.05, 3.63) is 28.0 Å². The van der Waals surface area contributed by atoms with E-state index in [9.17, 15) is 0 Å². The highest BCUT2D eigenvalue weighted by Crippen LogP contribution is 2.30. The molecule has 84 valence electrons. The molecular formula is C11H14BrCl2N. The standard InChI is InChI=1S/C11H14BrCl2N/c1-11(2,3)10(12)5-9-8(14)4-7(13)6-15-9/h4,6,10H,5H2,1-3H3. The summed E-state index contributed by atoms with van der Waals surface area (Å²) in [5.41, 5.74) is 1.07. The summed E-state index contributed by atoms with van der Waals surface area (Å²) >= 11 is 15.5. The van der Waals surface area contributed by atoms with E-state index >= 15 is 0 Å². The van der Waals surface area contributed by atoms with Crippen LogP contribution < -0.4 is 0 Å². The normalized spacial score (nSPS) is 14.0. The molecule has 1 aromatic heterocycles. The fourth-order valence-corrected chi connectivity index (χ4v) is 1.83. The summed E-state index contributed by atoms with van der Waals surface area (Å²) in [6.45, 7) is 6.53. The van der Waals surface area contributed by atoms with E-state index in [-0.39, 0.29) is 5.41 Å². The Morgan fingerprint density at radius 1 is 1.40 bits per heavy atom. The molecule has 0 aromatic carbocycles. The molecule has 0 saturated heterocycles. The van der Waals surface area contributed by atoms with E-state index < -0.39 is 0 Å². The van der Waals surface area contributed by atoms with Crippen molar-refractivity contribution in [3.8, 4) is 0 Å². The number of aromatic nitrogens is 1. The van der Waals surface area contributed by atoms with Gasteiger partial charge in [0.2, 0.25) is 0 Å². The maximum Gasteiger partial charge on any atom is 0.0636 e. The molecule has 0 saturated carbocycles. The molecule has 0 aliphatic carbocycles. The molecule has 15 heavy (non-hydrogen) atoms. The average Bonchev–Trinajstić information content (AvgIpc) is 2.08. The van der Waals surface area contributed by atoms with Crippen LogP contribution in [0.5, 0.6) is 0 Å². The molecule has 0 N–H and O–H groups in total. The summed E-state index contributed by atoms with van der Waals surface area (Å²) in [5, 5.41) is 1.21. The van der Waals surface area contributed by atoms with Crippen LogP contribution >= 0.6 is 39.1 Å². The number of rotatable bonds is 2. The van der Waals surface area contributed by atoms with Gasteiger partial charge >= 0.3 is 0 Å². The lowest BCUT2D eigenvalue weighted by Gasteiger charge is -2.25. The zero-order valence-corrected chi connectivity index (χ0v) is 12.1. The van der Waals surface area contributed by atoms with Crippen LogP contribution in [-0.4, -0.2) is 9.81 Å². The third-order valence-electron chi connectivity index (χ3n) is 2.20. The molecule has 1 aromatic rings. The third kappa shape index (κ3) is 3.93. The van der Waals surface area contributed by atoms with Gasteiger partial charge < -0.3 is 0 Å². The zero-order valence-electron chi connectivity index (χ0n) is 9.02. The summed E-state index contributed by atoms with van der Waals surface area (Å²) in [4.78, 5) is 4.58. The van der Waals surface area contributed by atoms with Crippen molar-refractivity contribution >= 4 is 39.1 Å². The summed E-state index contributed by atoms with van der Waals surface area (Å²) in [6, 6.07) is 1.73. The number of hydrogen-bond donors (Lipinski definition) is 0. The SMILES string of the molecule is CC(C)(C)C(Br)Cc1ncc(Cl)cc1Cl. The lowest BCUT2D eigenvalue weighted by molar-refractivity contribution is 0.396. The van der Waals surface area contributed by atoms with Gasteiger partial charge in [0.15, 0.2) is 0 Å². The first kappa shape index (κ1) is 13.3. The number of halogens is 3. The van der Waals surface area contributed by atoms with Crippen LogP contribution in [0.4, 0.5) is 0 Å². The summed E-state index contributed by atoms with van der Waals surface area (Å²) in [7, 11) is 0. The minimum atomic E-state index is 0.185. The van der Waals surface area contributed by atoms with Crippen molar-refractivity contribution in [1.82, 2.24) is 4.98 Å². The van der Waals surface area contributed by atoms with Crippen LogP contribution in [0.15, 0.2) is 12.3 Å². The van der Waals surface area contributed by atoms with E-state index in [0.717, 1.165) is 12.1 Å². The Morgan fingerprint density at radius 3 is 2.47 bits per heavy atom. The zero-order chi connectivity index (χ0) is 11.6. The molecular weight excluding hydrogens is 297 g/mol. The smallest absolute Gasteiger partial charge is 0.0636 e. The van der Waals surface area contributed by atoms with Gasteiger partial charge in [-0.3, -0.25) is 4.98 Å². The van der Waals surface area contributed by atoms with Crippen LogP contribution in [0.3, 0.4) is 0 Å². The topological polar surface area (TPSA) is 12.9 Å². The van der Waals surface area contributed by atoms with Crippen molar-refractivity contribution in [3.63, 3.8) is 0 Å². The minimum absolute atomic E-state index is 0.185. The number of alkyl halides is 1. The molecule has 0 spiro atoms. The molecule has 0 amide bonds. The molecule has 0 fully saturated rings. The van der Waals surface area contributed by atoms with Gasteiger partial charge in [0.1, 0.15) is 0 Å². The number of hydrogen-bond acceptors (Lipinski definition) is 1. The van der Waals surface area contributed by atoms with Gasteiger partial charge in [-0.15, -0.1) is 0 Å². The van der Waals surface area contributed by atoms with E-state index in [4.69, 9.17) is 23.2 Å². The third-order valence-corrected chi connectivity index (χ3v) is 4.43. The van der Waals surface area contributed by atoms with E-state index in [1.807, 2.05) is 0 Å². The van der Waals surface area contributed by atoms with E-state index in [0.29, 0.717) is 14.9 Å². The van der Waals surface area contributed by atoms with Gasteiger partial charge in [0.05, 0.1) is 15.7 Å². The van der Waals surface area contributed by atoms with E-state index in [2.05, 4.69) is 41.7 Å². The first-order valence-electron chi connectivity index (χ1n) is 4.74. The fourth-order valence-electron chi connectivity index (χ4n) is 1.07. The van der Waals surface area contributed by atoms with Crippen molar-refractivity contribution in [2.24, 2.45) is 5.41 Å². The highest BCUT2D eigenvalue weighted by molar-refractivity contribution is 9.09.